The lowest BCUT2D eigenvalue weighted by Gasteiger charge is -2.38. The van der Waals surface area contributed by atoms with Crippen molar-refractivity contribution in [1.82, 2.24) is 10.3 Å². The summed E-state index contributed by atoms with van der Waals surface area (Å²) < 4.78 is 13.1. The zero-order chi connectivity index (χ0) is 16.8. The van der Waals surface area contributed by atoms with E-state index >= 15 is 0 Å². The molecule has 3 nitrogen and oxygen atoms in total. The van der Waals surface area contributed by atoms with Crippen molar-refractivity contribution in [3.63, 3.8) is 0 Å². The molecule has 2 aromatic rings. The van der Waals surface area contributed by atoms with Crippen molar-refractivity contribution in [2.75, 3.05) is 0 Å². The lowest BCUT2D eigenvalue weighted by Crippen LogP contribution is -2.46. The van der Waals surface area contributed by atoms with Gasteiger partial charge in [-0.3, -0.25) is 9.78 Å². The van der Waals surface area contributed by atoms with E-state index in [2.05, 4.69) is 22.4 Å². The number of nitrogens with zero attached hydrogens (tertiary/aromatic N) is 1. The molecule has 1 aliphatic carbocycles. The molecule has 124 valence electrons. The Morgan fingerprint density at radius 1 is 1.12 bits per heavy atom. The predicted molar refractivity (Wildman–Crippen MR) is 92.6 cm³/mol. The minimum Gasteiger partial charge on any atom is -0.343 e. The van der Waals surface area contributed by atoms with E-state index in [1.165, 1.54) is 24.8 Å². The Kier molecular flexibility index (Phi) is 5.04. The average Bonchev–Trinajstić information content (AvgIpc) is 2.62. The normalized spacial score (nSPS) is 16.9. The topological polar surface area (TPSA) is 42.0 Å². The molecule has 1 saturated carbocycles. The van der Waals surface area contributed by atoms with Crippen LogP contribution in [0, 0.1) is 5.82 Å². The molecule has 3 rings (SSSR count). The summed E-state index contributed by atoms with van der Waals surface area (Å²) in [6.45, 7) is 0. The van der Waals surface area contributed by atoms with Gasteiger partial charge in [0.25, 0.3) is 0 Å². The average molecular weight is 324 g/mol. The standard InChI is InChI=1S/C20H21FN2O/c21-18-13-16(14-22-15-18)9-10-19(24)23-20(11-5-2-6-12-20)17-7-3-1-4-8-17/h1,3-4,7-10,13-15H,2,5-6,11-12H2,(H,23,24)/b10-9+. The van der Waals surface area contributed by atoms with Gasteiger partial charge in [-0.15, -0.1) is 0 Å². The summed E-state index contributed by atoms with van der Waals surface area (Å²) in [6.07, 6.45) is 11.0. The number of benzene rings is 1. The maximum absolute atomic E-state index is 13.1. The van der Waals surface area contributed by atoms with Gasteiger partial charge >= 0.3 is 0 Å². The molecular weight excluding hydrogens is 303 g/mol. The van der Waals surface area contributed by atoms with E-state index in [-0.39, 0.29) is 11.4 Å². The summed E-state index contributed by atoms with van der Waals surface area (Å²) in [5.74, 6) is -0.574. The number of amides is 1. The molecule has 0 aliphatic heterocycles. The fourth-order valence-corrected chi connectivity index (χ4v) is 3.37. The van der Waals surface area contributed by atoms with Crippen LogP contribution >= 0.6 is 0 Å². The second-order valence-corrected chi connectivity index (χ2v) is 6.27. The van der Waals surface area contributed by atoms with Crippen molar-refractivity contribution in [2.45, 2.75) is 37.6 Å². The predicted octanol–water partition coefficient (Wildman–Crippen LogP) is 4.21. The van der Waals surface area contributed by atoms with Gasteiger partial charge in [0.2, 0.25) is 5.91 Å². The molecule has 24 heavy (non-hydrogen) atoms. The van der Waals surface area contributed by atoms with E-state index in [9.17, 15) is 9.18 Å². The third-order valence-corrected chi connectivity index (χ3v) is 4.55. The zero-order valence-corrected chi connectivity index (χ0v) is 13.5. The molecule has 1 amide bonds. The fourth-order valence-electron chi connectivity index (χ4n) is 3.37. The third-order valence-electron chi connectivity index (χ3n) is 4.55. The second kappa shape index (κ2) is 7.39. The molecule has 0 spiro atoms. The van der Waals surface area contributed by atoms with E-state index in [1.54, 1.807) is 6.08 Å². The number of hydrogen-bond acceptors (Lipinski definition) is 2. The first-order chi connectivity index (χ1) is 11.7. The first kappa shape index (κ1) is 16.4. The first-order valence-electron chi connectivity index (χ1n) is 8.34. The number of aromatic nitrogens is 1. The third kappa shape index (κ3) is 3.88. The lowest BCUT2D eigenvalue weighted by atomic mass is 9.76. The lowest BCUT2D eigenvalue weighted by molar-refractivity contribution is -0.118. The number of nitrogens with one attached hydrogen (secondary N) is 1. The van der Waals surface area contributed by atoms with Crippen molar-refractivity contribution in [1.29, 1.82) is 0 Å². The van der Waals surface area contributed by atoms with Gasteiger partial charge in [0.05, 0.1) is 11.7 Å². The fraction of sp³-hybridized carbons (Fsp3) is 0.300. The molecule has 0 saturated heterocycles. The SMILES string of the molecule is O=C(/C=C/c1cncc(F)c1)NC1(c2ccccc2)CCCCC1. The molecule has 1 aliphatic rings. The second-order valence-electron chi connectivity index (χ2n) is 6.27. The van der Waals surface area contributed by atoms with Crippen LogP contribution in [0.1, 0.15) is 43.2 Å². The summed E-state index contributed by atoms with van der Waals surface area (Å²) in [5.41, 5.74) is 1.42. The zero-order valence-electron chi connectivity index (χ0n) is 13.5. The van der Waals surface area contributed by atoms with Crippen LogP contribution in [0.25, 0.3) is 6.08 Å². The van der Waals surface area contributed by atoms with Crippen LogP contribution in [0.5, 0.6) is 0 Å². The van der Waals surface area contributed by atoms with Crippen molar-refractivity contribution in [3.05, 3.63) is 71.8 Å². The van der Waals surface area contributed by atoms with Gasteiger partial charge < -0.3 is 5.32 Å². The molecule has 4 heteroatoms. The van der Waals surface area contributed by atoms with E-state index in [4.69, 9.17) is 0 Å². The largest absolute Gasteiger partial charge is 0.343 e. The molecule has 0 atom stereocenters. The van der Waals surface area contributed by atoms with Crippen LogP contribution in [-0.2, 0) is 10.3 Å². The van der Waals surface area contributed by atoms with E-state index in [0.29, 0.717) is 5.56 Å². The number of carbonyl (C=O) groups excluding carboxylic acids is 1. The summed E-state index contributed by atoms with van der Waals surface area (Å²) in [6, 6.07) is 11.5. The molecule has 0 radical (unpaired) electrons. The van der Waals surface area contributed by atoms with Gasteiger partial charge in [0.1, 0.15) is 5.82 Å². The Bertz CT molecular complexity index is 721. The van der Waals surface area contributed by atoms with Crippen LogP contribution in [-0.4, -0.2) is 10.9 Å². The van der Waals surface area contributed by atoms with Gasteiger partial charge in [-0.2, -0.15) is 0 Å². The van der Waals surface area contributed by atoms with Crippen molar-refractivity contribution in [3.8, 4) is 0 Å². The van der Waals surface area contributed by atoms with Crippen molar-refractivity contribution < 1.29 is 9.18 Å². The maximum atomic E-state index is 13.1. The highest BCUT2D eigenvalue weighted by Gasteiger charge is 2.34. The summed E-state index contributed by atoms with van der Waals surface area (Å²) >= 11 is 0. The van der Waals surface area contributed by atoms with Crippen LogP contribution in [0.4, 0.5) is 4.39 Å². The smallest absolute Gasteiger partial charge is 0.244 e. The minimum atomic E-state index is -0.411. The Morgan fingerprint density at radius 3 is 2.58 bits per heavy atom. The molecular formula is C20H21FN2O. The number of rotatable bonds is 4. The summed E-state index contributed by atoms with van der Waals surface area (Å²) in [7, 11) is 0. The number of halogens is 1. The number of pyridine rings is 1. The quantitative estimate of drug-likeness (QED) is 0.856. The molecule has 1 aromatic carbocycles. The molecule has 1 N–H and O–H groups in total. The van der Waals surface area contributed by atoms with Gasteiger partial charge in [0, 0.05) is 12.3 Å². The molecule has 1 fully saturated rings. The Morgan fingerprint density at radius 2 is 1.88 bits per heavy atom. The Balaban J connectivity index is 1.76. The van der Waals surface area contributed by atoms with Crippen LogP contribution < -0.4 is 5.32 Å². The van der Waals surface area contributed by atoms with Gasteiger partial charge in [0.15, 0.2) is 0 Å². The molecule has 0 bridgehead atoms. The molecule has 1 aromatic heterocycles. The van der Waals surface area contributed by atoms with Crippen LogP contribution in [0.15, 0.2) is 54.9 Å². The van der Waals surface area contributed by atoms with Gasteiger partial charge in [-0.25, -0.2) is 4.39 Å². The highest BCUT2D eigenvalue weighted by atomic mass is 19.1. The van der Waals surface area contributed by atoms with E-state index in [1.807, 2.05) is 18.2 Å². The van der Waals surface area contributed by atoms with Gasteiger partial charge in [-0.1, -0.05) is 49.6 Å². The summed E-state index contributed by atoms with van der Waals surface area (Å²) in [4.78, 5) is 16.2. The van der Waals surface area contributed by atoms with Crippen molar-refractivity contribution >= 4 is 12.0 Å². The van der Waals surface area contributed by atoms with Crippen molar-refractivity contribution in [2.24, 2.45) is 0 Å². The van der Waals surface area contributed by atoms with E-state index < -0.39 is 5.82 Å². The highest BCUT2D eigenvalue weighted by molar-refractivity contribution is 5.92. The van der Waals surface area contributed by atoms with Gasteiger partial charge in [-0.05, 0) is 36.1 Å². The number of hydrogen-bond donors (Lipinski definition) is 1. The highest BCUT2D eigenvalue weighted by Crippen LogP contribution is 2.37. The number of carbonyl (C=O) groups is 1. The van der Waals surface area contributed by atoms with E-state index in [0.717, 1.165) is 37.4 Å². The Hall–Kier alpha value is -2.49. The maximum Gasteiger partial charge on any atom is 0.244 e. The van der Waals surface area contributed by atoms with Crippen LogP contribution in [0.3, 0.4) is 0 Å². The summed E-state index contributed by atoms with van der Waals surface area (Å²) in [5, 5.41) is 3.19. The van der Waals surface area contributed by atoms with Crippen LogP contribution in [0.2, 0.25) is 0 Å². The molecule has 0 unspecified atom stereocenters. The first-order valence-corrected chi connectivity index (χ1v) is 8.34. The minimum absolute atomic E-state index is 0.162. The molecule has 1 heterocycles. The Labute approximate surface area is 141 Å². The monoisotopic (exact) mass is 324 g/mol.